The number of benzene rings is 1. The lowest BCUT2D eigenvalue weighted by Gasteiger charge is -2.22. The van der Waals surface area contributed by atoms with Gasteiger partial charge in [0.1, 0.15) is 13.5 Å². The molecule has 0 N–H and O–H groups in total. The predicted octanol–water partition coefficient (Wildman–Crippen LogP) is 2.01. The van der Waals surface area contributed by atoms with Crippen molar-refractivity contribution in [1.29, 1.82) is 0 Å². The van der Waals surface area contributed by atoms with Crippen LogP contribution in [0.2, 0.25) is 0 Å². The van der Waals surface area contributed by atoms with Gasteiger partial charge in [-0.15, -0.1) is 0 Å². The van der Waals surface area contributed by atoms with E-state index in [1.807, 2.05) is 17.0 Å². The molecule has 0 heterocycles. The minimum Gasteiger partial charge on any atom is -0.364 e. The number of anilines is 1. The molecule has 0 amide bonds. The van der Waals surface area contributed by atoms with Gasteiger partial charge in [-0.05, 0) is 24.6 Å². The molecule has 0 aliphatic rings. The van der Waals surface area contributed by atoms with Crippen LogP contribution in [-0.2, 0) is 9.47 Å². The highest BCUT2D eigenvalue weighted by atomic mass is 16.5. The van der Waals surface area contributed by atoms with Gasteiger partial charge in [-0.3, -0.25) is 0 Å². The summed E-state index contributed by atoms with van der Waals surface area (Å²) in [6, 6.07) is 8.26. The molecule has 0 radical (unpaired) electrons. The van der Waals surface area contributed by atoms with Crippen molar-refractivity contribution in [3.63, 3.8) is 0 Å². The molecular formula is C11H17NO2. The van der Waals surface area contributed by atoms with Crippen molar-refractivity contribution in [1.82, 2.24) is 0 Å². The first-order valence-electron chi connectivity index (χ1n) is 4.57. The lowest BCUT2D eigenvalue weighted by molar-refractivity contribution is 0.140. The summed E-state index contributed by atoms with van der Waals surface area (Å²) in [6.45, 7) is 3.15. The smallest absolute Gasteiger partial charge is 0.120 e. The van der Waals surface area contributed by atoms with Crippen LogP contribution < -0.4 is 4.90 Å². The minimum atomic E-state index is 0.539. The van der Waals surface area contributed by atoms with E-state index in [1.165, 1.54) is 5.56 Å². The topological polar surface area (TPSA) is 21.7 Å². The standard InChI is InChI=1S/C11H17NO2/c1-10-5-4-6-11(7-10)12(8-13-2)9-14-3/h4-7H,8-9H2,1-3H3. The Labute approximate surface area is 85.2 Å². The lowest BCUT2D eigenvalue weighted by Crippen LogP contribution is -2.27. The highest BCUT2D eigenvalue weighted by molar-refractivity contribution is 5.47. The zero-order valence-electron chi connectivity index (χ0n) is 8.99. The highest BCUT2D eigenvalue weighted by Gasteiger charge is 2.04. The third-order valence-electron chi connectivity index (χ3n) is 1.94. The van der Waals surface area contributed by atoms with Gasteiger partial charge in [0.25, 0.3) is 0 Å². The molecule has 14 heavy (non-hydrogen) atoms. The number of nitrogens with zero attached hydrogens (tertiary/aromatic N) is 1. The van der Waals surface area contributed by atoms with Crippen molar-refractivity contribution >= 4 is 5.69 Å². The minimum absolute atomic E-state index is 0.539. The quantitative estimate of drug-likeness (QED) is 0.671. The van der Waals surface area contributed by atoms with E-state index in [4.69, 9.17) is 9.47 Å². The van der Waals surface area contributed by atoms with E-state index >= 15 is 0 Å². The summed E-state index contributed by atoms with van der Waals surface area (Å²) in [5.74, 6) is 0. The van der Waals surface area contributed by atoms with Gasteiger partial charge in [0, 0.05) is 19.9 Å². The van der Waals surface area contributed by atoms with Crippen LogP contribution in [0.25, 0.3) is 0 Å². The summed E-state index contributed by atoms with van der Waals surface area (Å²) in [4.78, 5) is 2.02. The van der Waals surface area contributed by atoms with Gasteiger partial charge in [0.2, 0.25) is 0 Å². The second-order valence-electron chi connectivity index (χ2n) is 3.21. The van der Waals surface area contributed by atoms with Crippen molar-refractivity contribution < 1.29 is 9.47 Å². The number of hydrogen-bond donors (Lipinski definition) is 0. The van der Waals surface area contributed by atoms with Crippen molar-refractivity contribution in [2.45, 2.75) is 6.92 Å². The lowest BCUT2D eigenvalue weighted by atomic mass is 10.2. The normalized spacial score (nSPS) is 10.2. The fourth-order valence-electron chi connectivity index (χ4n) is 1.32. The second-order valence-corrected chi connectivity index (χ2v) is 3.21. The Morgan fingerprint density at radius 1 is 1.14 bits per heavy atom. The van der Waals surface area contributed by atoms with Crippen molar-refractivity contribution in [2.75, 3.05) is 32.6 Å². The number of rotatable bonds is 5. The van der Waals surface area contributed by atoms with Gasteiger partial charge in [0.05, 0.1) is 0 Å². The third kappa shape index (κ3) is 3.01. The molecule has 1 aromatic rings. The molecule has 78 valence electrons. The fraction of sp³-hybridized carbons (Fsp3) is 0.455. The third-order valence-corrected chi connectivity index (χ3v) is 1.94. The summed E-state index contributed by atoms with van der Waals surface area (Å²) in [7, 11) is 3.36. The molecule has 3 heteroatoms. The zero-order chi connectivity index (χ0) is 10.4. The monoisotopic (exact) mass is 195 g/mol. The van der Waals surface area contributed by atoms with Gasteiger partial charge in [-0.25, -0.2) is 0 Å². The van der Waals surface area contributed by atoms with Crippen LogP contribution in [0.3, 0.4) is 0 Å². The average molecular weight is 195 g/mol. The molecule has 0 aliphatic heterocycles. The second kappa shape index (κ2) is 5.62. The summed E-state index contributed by atoms with van der Waals surface area (Å²) in [5, 5.41) is 0. The van der Waals surface area contributed by atoms with Gasteiger partial charge in [-0.2, -0.15) is 0 Å². The average Bonchev–Trinajstić information content (AvgIpc) is 2.17. The first kappa shape index (κ1) is 11.0. The molecule has 0 atom stereocenters. The number of ether oxygens (including phenoxy) is 2. The summed E-state index contributed by atoms with van der Waals surface area (Å²) in [5.41, 5.74) is 2.36. The van der Waals surface area contributed by atoms with Crippen LogP contribution in [0, 0.1) is 6.92 Å². The van der Waals surface area contributed by atoms with E-state index in [0.29, 0.717) is 13.5 Å². The first-order valence-corrected chi connectivity index (χ1v) is 4.57. The molecule has 0 aliphatic carbocycles. The van der Waals surface area contributed by atoms with Crippen LogP contribution in [0.4, 0.5) is 5.69 Å². The molecule has 0 aromatic heterocycles. The van der Waals surface area contributed by atoms with E-state index < -0.39 is 0 Å². The van der Waals surface area contributed by atoms with E-state index in [1.54, 1.807) is 14.2 Å². The maximum atomic E-state index is 5.10. The Kier molecular flexibility index (Phi) is 4.43. The predicted molar refractivity (Wildman–Crippen MR) is 57.4 cm³/mol. The van der Waals surface area contributed by atoms with Crippen LogP contribution in [0.1, 0.15) is 5.56 Å². The SMILES string of the molecule is COCN(COC)c1cccc(C)c1. The maximum absolute atomic E-state index is 5.10. The largest absolute Gasteiger partial charge is 0.364 e. The number of methoxy groups -OCH3 is 2. The summed E-state index contributed by atoms with van der Waals surface area (Å²) in [6.07, 6.45) is 0. The van der Waals surface area contributed by atoms with Crippen LogP contribution in [0.5, 0.6) is 0 Å². The Morgan fingerprint density at radius 3 is 2.29 bits per heavy atom. The molecule has 1 aromatic carbocycles. The van der Waals surface area contributed by atoms with Crippen LogP contribution >= 0.6 is 0 Å². The molecule has 0 saturated heterocycles. The fourth-order valence-corrected chi connectivity index (χ4v) is 1.32. The van der Waals surface area contributed by atoms with Crippen molar-refractivity contribution in [3.8, 4) is 0 Å². The molecule has 0 saturated carbocycles. The van der Waals surface area contributed by atoms with Crippen molar-refractivity contribution in [2.24, 2.45) is 0 Å². The van der Waals surface area contributed by atoms with E-state index in [-0.39, 0.29) is 0 Å². The van der Waals surface area contributed by atoms with E-state index in [2.05, 4.69) is 19.1 Å². The van der Waals surface area contributed by atoms with Gasteiger partial charge < -0.3 is 14.4 Å². The first-order chi connectivity index (χ1) is 6.77. The Balaban J connectivity index is 2.75. The molecular weight excluding hydrogens is 178 g/mol. The van der Waals surface area contributed by atoms with E-state index in [0.717, 1.165) is 5.69 Å². The summed E-state index contributed by atoms with van der Waals surface area (Å²) >= 11 is 0. The molecule has 0 unspecified atom stereocenters. The highest BCUT2D eigenvalue weighted by Crippen LogP contribution is 2.15. The number of aryl methyl sites for hydroxylation is 1. The Hall–Kier alpha value is -1.06. The molecule has 0 spiro atoms. The Morgan fingerprint density at radius 2 is 1.79 bits per heavy atom. The Bertz CT molecular complexity index is 270. The van der Waals surface area contributed by atoms with Gasteiger partial charge >= 0.3 is 0 Å². The maximum Gasteiger partial charge on any atom is 0.120 e. The van der Waals surface area contributed by atoms with Gasteiger partial charge in [0.15, 0.2) is 0 Å². The van der Waals surface area contributed by atoms with Crippen LogP contribution in [-0.4, -0.2) is 27.7 Å². The van der Waals surface area contributed by atoms with Gasteiger partial charge in [-0.1, -0.05) is 12.1 Å². The molecule has 0 fully saturated rings. The number of hydrogen-bond acceptors (Lipinski definition) is 3. The van der Waals surface area contributed by atoms with Crippen molar-refractivity contribution in [3.05, 3.63) is 29.8 Å². The molecule has 1 rings (SSSR count). The zero-order valence-corrected chi connectivity index (χ0v) is 8.99. The molecule has 3 nitrogen and oxygen atoms in total. The summed E-state index contributed by atoms with van der Waals surface area (Å²) < 4.78 is 10.2. The molecule has 0 bridgehead atoms. The van der Waals surface area contributed by atoms with Crippen LogP contribution in [0.15, 0.2) is 24.3 Å². The van der Waals surface area contributed by atoms with E-state index in [9.17, 15) is 0 Å².